The number of rotatable bonds is 3. The number of halogens is 3. The van der Waals surface area contributed by atoms with Gasteiger partial charge >= 0.3 is 5.51 Å². The van der Waals surface area contributed by atoms with Crippen molar-refractivity contribution in [3.05, 3.63) is 42.2 Å². The maximum Gasteiger partial charge on any atom is 0.497 e. The van der Waals surface area contributed by atoms with E-state index < -0.39 is 21.1 Å². The number of aromatic nitrogens is 3. The fourth-order valence-electron chi connectivity index (χ4n) is 1.32. The van der Waals surface area contributed by atoms with Crippen LogP contribution in [-0.2, 0) is 15.6 Å². The van der Waals surface area contributed by atoms with Crippen LogP contribution >= 0.6 is 0 Å². The summed E-state index contributed by atoms with van der Waals surface area (Å²) >= 11 is 0. The molecule has 0 aliphatic carbocycles. The Morgan fingerprint density at radius 3 is 2.37 bits per heavy atom. The fraction of sp³-hybridized carbons (Fsp3) is 0.200. The van der Waals surface area contributed by atoms with Gasteiger partial charge in [0.25, 0.3) is 9.84 Å². The third-order valence-electron chi connectivity index (χ3n) is 2.22. The first-order chi connectivity index (χ1) is 8.79. The molecule has 1 heterocycles. The van der Waals surface area contributed by atoms with Gasteiger partial charge < -0.3 is 0 Å². The Balaban J connectivity index is 2.24. The molecule has 0 bridgehead atoms. The van der Waals surface area contributed by atoms with E-state index in [1.54, 1.807) is 30.3 Å². The van der Waals surface area contributed by atoms with Crippen molar-refractivity contribution in [2.75, 3.05) is 0 Å². The highest BCUT2D eigenvalue weighted by molar-refractivity contribution is 7.91. The average Bonchev–Trinajstić information content (AvgIpc) is 2.76. The molecule has 0 spiro atoms. The van der Waals surface area contributed by atoms with Crippen LogP contribution in [0.15, 0.2) is 36.5 Å². The Bertz CT molecular complexity index is 665. The summed E-state index contributed by atoms with van der Waals surface area (Å²) < 4.78 is 58.5. The van der Waals surface area contributed by atoms with Crippen LogP contribution in [-0.4, -0.2) is 28.9 Å². The topological polar surface area (TPSA) is 64.8 Å². The van der Waals surface area contributed by atoms with Gasteiger partial charge in [-0.3, -0.25) is 0 Å². The van der Waals surface area contributed by atoms with Crippen molar-refractivity contribution >= 4 is 9.84 Å². The monoisotopic (exact) mass is 291 g/mol. The van der Waals surface area contributed by atoms with Crippen LogP contribution in [0.1, 0.15) is 5.69 Å². The molecule has 0 amide bonds. The molecule has 2 rings (SSSR count). The maximum absolute atomic E-state index is 12.2. The summed E-state index contributed by atoms with van der Waals surface area (Å²) in [6.45, 7) is 0. The van der Waals surface area contributed by atoms with E-state index in [2.05, 4.69) is 10.2 Å². The van der Waals surface area contributed by atoms with Crippen LogP contribution in [0.3, 0.4) is 0 Å². The largest absolute Gasteiger partial charge is 0.497 e. The van der Waals surface area contributed by atoms with Gasteiger partial charge in [0.15, 0.2) is 0 Å². The van der Waals surface area contributed by atoms with Crippen LogP contribution in [0.5, 0.6) is 0 Å². The molecule has 0 N–H and O–H groups in total. The number of hydrogen-bond acceptors (Lipinski definition) is 4. The van der Waals surface area contributed by atoms with E-state index in [0.29, 0.717) is 5.69 Å². The Hall–Kier alpha value is -1.90. The summed E-state index contributed by atoms with van der Waals surface area (Å²) in [5.41, 5.74) is -5.02. The van der Waals surface area contributed by atoms with Crippen molar-refractivity contribution in [2.45, 2.75) is 11.3 Å². The first-order valence-electron chi connectivity index (χ1n) is 5.05. The standard InChI is InChI=1S/C10H8F3N3O2S/c11-10(12,13)19(17,18)7-8-6-14-16(15-8)9-4-2-1-3-5-9/h1-6H,7H2. The van der Waals surface area contributed by atoms with Crippen molar-refractivity contribution in [1.29, 1.82) is 0 Å². The molecule has 0 fully saturated rings. The second kappa shape index (κ2) is 4.65. The smallest absolute Gasteiger partial charge is 0.219 e. The predicted molar refractivity (Wildman–Crippen MR) is 60.0 cm³/mol. The second-order valence-electron chi connectivity index (χ2n) is 3.67. The van der Waals surface area contributed by atoms with Crippen molar-refractivity contribution in [2.24, 2.45) is 0 Å². The number of sulfone groups is 1. The number of nitrogens with zero attached hydrogens (tertiary/aromatic N) is 3. The molecule has 0 aliphatic heterocycles. The summed E-state index contributed by atoms with van der Waals surface area (Å²) in [7, 11) is -5.24. The van der Waals surface area contributed by atoms with Gasteiger partial charge in [-0.2, -0.15) is 28.2 Å². The van der Waals surface area contributed by atoms with Gasteiger partial charge in [0.1, 0.15) is 5.75 Å². The minimum atomic E-state index is -5.29. The Labute approximate surface area is 106 Å². The van der Waals surface area contributed by atoms with Gasteiger partial charge in [0, 0.05) is 0 Å². The van der Waals surface area contributed by atoms with Gasteiger partial charge in [0.2, 0.25) is 0 Å². The van der Waals surface area contributed by atoms with Gasteiger partial charge in [-0.15, -0.1) is 0 Å². The van der Waals surface area contributed by atoms with Crippen molar-refractivity contribution < 1.29 is 21.6 Å². The third-order valence-corrected chi connectivity index (χ3v) is 3.60. The molecule has 1 aromatic heterocycles. The first kappa shape index (κ1) is 13.5. The van der Waals surface area contributed by atoms with Crippen LogP contribution in [0.4, 0.5) is 13.2 Å². The van der Waals surface area contributed by atoms with E-state index in [4.69, 9.17) is 0 Å². The lowest BCUT2D eigenvalue weighted by Crippen LogP contribution is -2.25. The molecule has 0 atom stereocenters. The maximum atomic E-state index is 12.2. The minimum Gasteiger partial charge on any atom is -0.219 e. The quantitative estimate of drug-likeness (QED) is 0.863. The average molecular weight is 291 g/mol. The third kappa shape index (κ3) is 2.92. The highest BCUT2D eigenvalue weighted by atomic mass is 32.2. The SMILES string of the molecule is O=S(=O)(Cc1cnn(-c2ccccc2)n1)C(F)(F)F. The number of alkyl halides is 3. The van der Waals surface area contributed by atoms with E-state index in [1.165, 1.54) is 0 Å². The van der Waals surface area contributed by atoms with E-state index >= 15 is 0 Å². The molecule has 2 aromatic rings. The molecular weight excluding hydrogens is 283 g/mol. The predicted octanol–water partition coefficient (Wildman–Crippen LogP) is 1.70. The van der Waals surface area contributed by atoms with Gasteiger partial charge in [-0.1, -0.05) is 18.2 Å². The first-order valence-corrected chi connectivity index (χ1v) is 6.70. The van der Waals surface area contributed by atoms with Crippen LogP contribution in [0, 0.1) is 0 Å². The molecule has 0 unspecified atom stereocenters. The summed E-state index contributed by atoms with van der Waals surface area (Å²) in [4.78, 5) is 1.07. The van der Waals surface area contributed by atoms with Crippen LogP contribution in [0.25, 0.3) is 5.69 Å². The molecule has 0 saturated carbocycles. The van der Waals surface area contributed by atoms with Gasteiger partial charge in [-0.05, 0) is 12.1 Å². The molecule has 102 valence electrons. The Morgan fingerprint density at radius 1 is 1.16 bits per heavy atom. The molecule has 0 saturated heterocycles. The molecule has 1 aromatic carbocycles. The molecule has 5 nitrogen and oxygen atoms in total. The highest BCUT2D eigenvalue weighted by Crippen LogP contribution is 2.26. The van der Waals surface area contributed by atoms with Crippen LogP contribution < -0.4 is 0 Å². The molecule has 0 radical (unpaired) electrons. The van der Waals surface area contributed by atoms with E-state index in [9.17, 15) is 21.6 Å². The zero-order valence-electron chi connectivity index (χ0n) is 9.37. The molecular formula is C10H8F3N3O2S. The van der Waals surface area contributed by atoms with Gasteiger partial charge in [0.05, 0.1) is 17.6 Å². The van der Waals surface area contributed by atoms with Crippen molar-refractivity contribution in [3.63, 3.8) is 0 Å². The summed E-state index contributed by atoms with van der Waals surface area (Å²) in [6.07, 6.45) is 0.996. The lowest BCUT2D eigenvalue weighted by molar-refractivity contribution is -0.0437. The van der Waals surface area contributed by atoms with E-state index in [1.807, 2.05) is 0 Å². The minimum absolute atomic E-state index is 0.263. The zero-order valence-corrected chi connectivity index (χ0v) is 10.2. The van der Waals surface area contributed by atoms with E-state index in [0.717, 1.165) is 11.0 Å². The summed E-state index contributed by atoms with van der Waals surface area (Å²) in [5, 5.41) is 7.43. The van der Waals surface area contributed by atoms with Crippen molar-refractivity contribution in [1.82, 2.24) is 15.0 Å². The summed E-state index contributed by atoms with van der Waals surface area (Å²) in [6, 6.07) is 8.43. The number of benzene rings is 1. The fourth-order valence-corrected chi connectivity index (χ4v) is 2.01. The zero-order chi connectivity index (χ0) is 14.1. The molecule has 19 heavy (non-hydrogen) atoms. The number of hydrogen-bond donors (Lipinski definition) is 0. The molecule has 0 aliphatic rings. The Kier molecular flexibility index (Phi) is 3.31. The Morgan fingerprint density at radius 2 is 1.79 bits per heavy atom. The van der Waals surface area contributed by atoms with Crippen LogP contribution in [0.2, 0.25) is 0 Å². The highest BCUT2D eigenvalue weighted by Gasteiger charge is 2.45. The normalized spacial score (nSPS) is 12.6. The lowest BCUT2D eigenvalue weighted by atomic mass is 10.3. The van der Waals surface area contributed by atoms with E-state index in [-0.39, 0.29) is 5.69 Å². The van der Waals surface area contributed by atoms with Crippen molar-refractivity contribution in [3.8, 4) is 5.69 Å². The molecule has 9 heteroatoms. The lowest BCUT2D eigenvalue weighted by Gasteiger charge is -2.05. The van der Waals surface area contributed by atoms with Gasteiger partial charge in [-0.25, -0.2) is 8.42 Å². The second-order valence-corrected chi connectivity index (χ2v) is 5.65. The number of para-hydroxylation sites is 1. The summed E-state index contributed by atoms with van der Waals surface area (Å²) in [5.74, 6) is -1.22.